The van der Waals surface area contributed by atoms with Gasteiger partial charge < -0.3 is 10.2 Å². The fourth-order valence-electron chi connectivity index (χ4n) is 13.0. The van der Waals surface area contributed by atoms with Crippen LogP contribution in [-0.2, 0) is 0 Å². The van der Waals surface area contributed by atoms with Crippen molar-refractivity contribution in [3.8, 4) is 22.3 Å². The van der Waals surface area contributed by atoms with Gasteiger partial charge in [0.2, 0.25) is 0 Å². The van der Waals surface area contributed by atoms with E-state index in [4.69, 9.17) is 0 Å². The molecule has 7 aromatic rings. The van der Waals surface area contributed by atoms with E-state index in [9.17, 15) is 0 Å². The van der Waals surface area contributed by atoms with Crippen molar-refractivity contribution in [2.24, 2.45) is 5.41 Å². The van der Waals surface area contributed by atoms with Gasteiger partial charge in [0.1, 0.15) is 6.17 Å². The third-order valence-corrected chi connectivity index (χ3v) is 16.7. The summed E-state index contributed by atoms with van der Waals surface area (Å²) in [6.45, 7) is 2.56. The Hall–Kier alpha value is -7.68. The van der Waals surface area contributed by atoms with Crippen LogP contribution in [0, 0.1) is 5.41 Å². The molecule has 0 aromatic heterocycles. The van der Waals surface area contributed by atoms with Crippen molar-refractivity contribution in [2.45, 2.75) is 82.2 Å². The highest BCUT2D eigenvalue weighted by Crippen LogP contribution is 2.61. The average Bonchev–Trinajstić information content (AvgIpc) is 3.85. The number of allylic oxidation sites excluding steroid dienone is 14. The molecule has 0 bridgehead atoms. The third kappa shape index (κ3) is 8.08. The molecule has 2 heteroatoms. The molecule has 6 aliphatic rings. The standard InChI is InChI=1S/C70H62N2/c1-70-40-20-19-31-64(70)67(59-43-55(48-21-7-2-8-22-48)41-56(44-59)49-23-9-3-10-24-49)63-47-54(52-34-36-53(37-35-52)69-71-65-32-17-18-33-66(65)72(69)61-29-15-6-16-30-61)38-39-62(63)68(70)60-45-57(50-25-11-4-12-26-50)42-58(46-60)51-27-13-5-14-28-51/h2-3,6-11,13,15-25,27,29-39,41-46,50-51,54,69,71H,4-5,12,14,26,28,40,47H2,1H3/t50?,51?,54?,69?,70-/m1/s1. The average molecular weight is 931 g/mol. The molecule has 0 spiro atoms. The molecule has 0 radical (unpaired) electrons. The first-order valence-electron chi connectivity index (χ1n) is 26.6. The Morgan fingerprint density at radius 1 is 0.514 bits per heavy atom. The van der Waals surface area contributed by atoms with Crippen molar-refractivity contribution in [1.29, 1.82) is 0 Å². The minimum absolute atomic E-state index is 0.0148. The number of anilines is 3. The first-order chi connectivity index (χ1) is 35.6. The second kappa shape index (κ2) is 18.8. The highest BCUT2D eigenvalue weighted by molar-refractivity contribution is 6.00. The highest BCUT2D eigenvalue weighted by atomic mass is 15.3. The molecule has 1 N–H and O–H groups in total. The third-order valence-electron chi connectivity index (χ3n) is 16.7. The Morgan fingerprint density at radius 3 is 1.75 bits per heavy atom. The summed E-state index contributed by atoms with van der Waals surface area (Å²) in [7, 11) is 0. The van der Waals surface area contributed by atoms with Gasteiger partial charge >= 0.3 is 0 Å². The summed E-state index contributed by atoms with van der Waals surface area (Å²) in [4.78, 5) is 2.44. The number of nitrogens with one attached hydrogen (secondary N) is 1. The number of nitrogens with zero attached hydrogens (tertiary/aromatic N) is 1. The second-order valence-electron chi connectivity index (χ2n) is 21.1. The molecule has 0 amide bonds. The van der Waals surface area contributed by atoms with Gasteiger partial charge in [-0.1, -0.05) is 195 Å². The predicted molar refractivity (Wildman–Crippen MR) is 303 cm³/mol. The van der Waals surface area contributed by atoms with Crippen molar-refractivity contribution in [2.75, 3.05) is 10.2 Å². The van der Waals surface area contributed by atoms with E-state index in [0.717, 1.165) is 18.5 Å². The van der Waals surface area contributed by atoms with Crippen LogP contribution in [0.5, 0.6) is 0 Å². The van der Waals surface area contributed by atoms with Gasteiger partial charge in [-0.05, 0) is 177 Å². The van der Waals surface area contributed by atoms with Crippen molar-refractivity contribution in [3.63, 3.8) is 0 Å². The summed E-state index contributed by atoms with van der Waals surface area (Å²) in [6, 6.07) is 66.2. The van der Waals surface area contributed by atoms with E-state index < -0.39 is 0 Å². The molecule has 0 fully saturated rings. The van der Waals surface area contributed by atoms with Crippen molar-refractivity contribution in [1.82, 2.24) is 0 Å². The fourth-order valence-corrected chi connectivity index (χ4v) is 13.0. The van der Waals surface area contributed by atoms with Gasteiger partial charge in [0.25, 0.3) is 0 Å². The van der Waals surface area contributed by atoms with Crippen LogP contribution in [0.3, 0.4) is 0 Å². The van der Waals surface area contributed by atoms with Gasteiger partial charge in [0.15, 0.2) is 0 Å². The van der Waals surface area contributed by atoms with E-state index in [2.05, 4.69) is 248 Å². The SMILES string of the molecule is C[C@@]12CC=CC=C1C(c1cc(-c3ccccc3)cc(-c3ccccc3)c1)=C1CC(c3ccc(C4Nc5ccccc5N4c4ccccc4)cc3)C=CC1=C2c1cc(C2C=CCCC2)cc(C2C=CCCC2)c1. The van der Waals surface area contributed by atoms with E-state index >= 15 is 0 Å². The minimum atomic E-state index is -0.255. The number of para-hydroxylation sites is 3. The maximum atomic E-state index is 3.87. The molecule has 1 aliphatic heterocycles. The van der Waals surface area contributed by atoms with E-state index in [1.54, 1.807) is 0 Å². The first-order valence-corrected chi connectivity index (χ1v) is 26.6. The number of fused-ring (bicyclic) bond motifs is 3. The maximum Gasteiger partial charge on any atom is 0.130 e. The minimum Gasteiger partial charge on any atom is -0.359 e. The second-order valence-corrected chi connectivity index (χ2v) is 21.1. The van der Waals surface area contributed by atoms with Gasteiger partial charge in [-0.2, -0.15) is 0 Å². The molecule has 5 atom stereocenters. The van der Waals surface area contributed by atoms with Gasteiger partial charge in [-0.3, -0.25) is 0 Å². The topological polar surface area (TPSA) is 15.3 Å². The summed E-state index contributed by atoms with van der Waals surface area (Å²) < 4.78 is 0. The van der Waals surface area contributed by atoms with Crippen molar-refractivity contribution in [3.05, 3.63) is 281 Å². The molecule has 2 nitrogen and oxygen atoms in total. The Bertz CT molecular complexity index is 3300. The number of hydrogen-bond acceptors (Lipinski definition) is 2. The number of hydrogen-bond donors (Lipinski definition) is 1. The van der Waals surface area contributed by atoms with E-state index in [1.165, 1.54) is 133 Å². The van der Waals surface area contributed by atoms with Crippen molar-refractivity contribution >= 4 is 28.2 Å². The van der Waals surface area contributed by atoms with E-state index in [0.29, 0.717) is 11.8 Å². The zero-order chi connectivity index (χ0) is 48.0. The number of rotatable bonds is 9. The summed E-state index contributed by atoms with van der Waals surface area (Å²) in [5.41, 5.74) is 23.7. The molecule has 0 saturated heterocycles. The highest BCUT2D eigenvalue weighted by Gasteiger charge is 2.44. The van der Waals surface area contributed by atoms with Gasteiger partial charge in [-0.25, -0.2) is 0 Å². The molecule has 13 rings (SSSR count). The summed E-state index contributed by atoms with van der Waals surface area (Å²) in [5.74, 6) is 1.09. The lowest BCUT2D eigenvalue weighted by atomic mass is 9.58. The molecule has 4 unspecified atom stereocenters. The monoisotopic (exact) mass is 930 g/mol. The van der Waals surface area contributed by atoms with E-state index in [-0.39, 0.29) is 17.5 Å². The molecule has 72 heavy (non-hydrogen) atoms. The zero-order valence-corrected chi connectivity index (χ0v) is 41.4. The van der Waals surface area contributed by atoms with Crippen LogP contribution in [0.15, 0.2) is 247 Å². The van der Waals surface area contributed by atoms with Crippen LogP contribution in [0.2, 0.25) is 0 Å². The zero-order valence-electron chi connectivity index (χ0n) is 41.4. The Balaban J connectivity index is 1.00. The van der Waals surface area contributed by atoms with Crippen LogP contribution in [0.25, 0.3) is 33.4 Å². The first kappa shape index (κ1) is 44.3. The van der Waals surface area contributed by atoms with Crippen molar-refractivity contribution < 1.29 is 0 Å². The largest absolute Gasteiger partial charge is 0.359 e. The molecule has 0 saturated carbocycles. The maximum absolute atomic E-state index is 3.87. The summed E-state index contributed by atoms with van der Waals surface area (Å²) >= 11 is 0. The van der Waals surface area contributed by atoms with Crippen LogP contribution in [0.4, 0.5) is 17.1 Å². The lowest BCUT2D eigenvalue weighted by Gasteiger charge is -2.45. The van der Waals surface area contributed by atoms with Crippen LogP contribution < -0.4 is 10.2 Å². The summed E-state index contributed by atoms with van der Waals surface area (Å²) in [5, 5.41) is 3.87. The van der Waals surface area contributed by atoms with Crippen LogP contribution >= 0.6 is 0 Å². The smallest absolute Gasteiger partial charge is 0.130 e. The van der Waals surface area contributed by atoms with Gasteiger partial charge in [0.05, 0.1) is 11.4 Å². The number of benzene rings is 7. The lowest BCUT2D eigenvalue weighted by Crippen LogP contribution is -2.30. The Morgan fingerprint density at radius 2 is 1.11 bits per heavy atom. The molecular formula is C70H62N2. The molecule has 5 aliphatic carbocycles. The quantitative estimate of drug-likeness (QED) is 0.145. The fraction of sp³-hybridized carbons (Fsp3) is 0.200. The Kier molecular flexibility index (Phi) is 11.6. The van der Waals surface area contributed by atoms with Crippen LogP contribution in [0.1, 0.15) is 116 Å². The Labute approximate surface area is 426 Å². The van der Waals surface area contributed by atoms with E-state index in [1.807, 2.05) is 0 Å². The molecule has 7 aromatic carbocycles. The lowest BCUT2D eigenvalue weighted by molar-refractivity contribution is 0.545. The van der Waals surface area contributed by atoms with Gasteiger partial charge in [0, 0.05) is 28.9 Å². The predicted octanol–water partition coefficient (Wildman–Crippen LogP) is 18.8. The summed E-state index contributed by atoms with van der Waals surface area (Å²) in [6.07, 6.45) is 31.3. The molecule has 1 heterocycles. The molecule has 352 valence electrons. The van der Waals surface area contributed by atoms with Gasteiger partial charge in [-0.15, -0.1) is 0 Å². The normalized spacial score (nSPS) is 23.1. The molecular weight excluding hydrogens is 869 g/mol. The van der Waals surface area contributed by atoms with Crippen LogP contribution in [-0.4, -0.2) is 0 Å².